The van der Waals surface area contributed by atoms with E-state index in [0.29, 0.717) is 17.8 Å². The summed E-state index contributed by atoms with van der Waals surface area (Å²) >= 11 is 0. The SMILES string of the molecule is CCN(CCCCCO)c1ccc(/C=C/c2ccc(C=O)o2)cc1. The summed E-state index contributed by atoms with van der Waals surface area (Å²) in [7, 11) is 0. The Morgan fingerprint density at radius 1 is 1.00 bits per heavy atom. The van der Waals surface area contributed by atoms with Crippen molar-refractivity contribution < 1.29 is 14.3 Å². The van der Waals surface area contributed by atoms with E-state index in [1.807, 2.05) is 12.2 Å². The van der Waals surface area contributed by atoms with Crippen molar-refractivity contribution in [3.05, 3.63) is 53.5 Å². The highest BCUT2D eigenvalue weighted by molar-refractivity contribution is 5.73. The van der Waals surface area contributed by atoms with Gasteiger partial charge in [0, 0.05) is 25.4 Å². The Bertz CT molecular complexity index is 643. The lowest BCUT2D eigenvalue weighted by molar-refractivity contribution is 0.110. The third-order valence-corrected chi connectivity index (χ3v) is 3.93. The van der Waals surface area contributed by atoms with Crippen molar-refractivity contribution in [1.82, 2.24) is 0 Å². The highest BCUT2D eigenvalue weighted by atomic mass is 16.3. The summed E-state index contributed by atoms with van der Waals surface area (Å²) < 4.78 is 5.32. The van der Waals surface area contributed by atoms with Crippen LogP contribution in [0.3, 0.4) is 0 Å². The minimum absolute atomic E-state index is 0.275. The zero-order chi connectivity index (χ0) is 17.2. The fourth-order valence-electron chi connectivity index (χ4n) is 2.56. The number of aldehydes is 1. The first-order valence-corrected chi connectivity index (χ1v) is 8.45. The summed E-state index contributed by atoms with van der Waals surface area (Å²) in [5.41, 5.74) is 2.29. The third kappa shape index (κ3) is 5.39. The number of anilines is 1. The first-order valence-electron chi connectivity index (χ1n) is 8.45. The molecule has 0 bridgehead atoms. The molecule has 0 spiro atoms. The molecule has 0 aliphatic rings. The number of rotatable bonds is 10. The van der Waals surface area contributed by atoms with E-state index in [9.17, 15) is 4.79 Å². The van der Waals surface area contributed by atoms with Crippen molar-refractivity contribution in [3.8, 4) is 0 Å². The first kappa shape index (κ1) is 18.0. The quantitative estimate of drug-likeness (QED) is 0.523. The van der Waals surface area contributed by atoms with Crippen molar-refractivity contribution in [2.75, 3.05) is 24.6 Å². The molecule has 0 amide bonds. The predicted octanol–water partition coefficient (Wildman–Crippen LogP) is 4.25. The summed E-state index contributed by atoms with van der Waals surface area (Å²) in [6, 6.07) is 11.8. The van der Waals surface area contributed by atoms with Crippen LogP contribution in [-0.2, 0) is 0 Å². The standard InChI is InChI=1S/C20H25NO3/c1-2-21(14-4-3-5-15-22)18-9-6-17(7-10-18)8-11-19-12-13-20(16-23)24-19/h6-13,16,22H,2-5,14-15H2,1H3/b11-8+. The maximum Gasteiger partial charge on any atom is 0.185 e. The Hall–Kier alpha value is -2.33. The van der Waals surface area contributed by atoms with Gasteiger partial charge in [0.15, 0.2) is 12.0 Å². The molecular weight excluding hydrogens is 302 g/mol. The van der Waals surface area contributed by atoms with Crippen LogP contribution in [0.15, 0.2) is 40.8 Å². The number of carbonyl (C=O) groups is 1. The molecule has 0 fully saturated rings. The predicted molar refractivity (Wildman–Crippen MR) is 98.3 cm³/mol. The minimum atomic E-state index is 0.275. The van der Waals surface area contributed by atoms with E-state index in [1.165, 1.54) is 5.69 Å². The molecule has 0 atom stereocenters. The van der Waals surface area contributed by atoms with Crippen LogP contribution in [0, 0.1) is 0 Å². The van der Waals surface area contributed by atoms with Crippen molar-refractivity contribution in [3.63, 3.8) is 0 Å². The number of aliphatic hydroxyl groups is 1. The lowest BCUT2D eigenvalue weighted by Gasteiger charge is -2.23. The molecule has 0 saturated carbocycles. The molecule has 0 aliphatic carbocycles. The van der Waals surface area contributed by atoms with Gasteiger partial charge in [0.05, 0.1) is 0 Å². The molecule has 0 unspecified atom stereocenters. The highest BCUT2D eigenvalue weighted by Gasteiger charge is 2.03. The topological polar surface area (TPSA) is 53.7 Å². The van der Waals surface area contributed by atoms with E-state index in [0.717, 1.165) is 37.9 Å². The largest absolute Gasteiger partial charge is 0.454 e. The molecule has 1 N–H and O–H groups in total. The Morgan fingerprint density at radius 3 is 2.38 bits per heavy atom. The summed E-state index contributed by atoms with van der Waals surface area (Å²) in [6.45, 7) is 4.40. The van der Waals surface area contributed by atoms with Crippen LogP contribution in [0.4, 0.5) is 5.69 Å². The smallest absolute Gasteiger partial charge is 0.185 e. The van der Waals surface area contributed by atoms with Crippen LogP contribution >= 0.6 is 0 Å². The Labute approximate surface area is 143 Å². The van der Waals surface area contributed by atoms with E-state index >= 15 is 0 Å². The number of unbranched alkanes of at least 4 members (excludes halogenated alkanes) is 2. The van der Waals surface area contributed by atoms with E-state index in [2.05, 4.69) is 36.1 Å². The molecular formula is C20H25NO3. The second kappa shape index (κ2) is 9.73. The minimum Gasteiger partial charge on any atom is -0.454 e. The number of carbonyl (C=O) groups excluding carboxylic acids is 1. The number of benzene rings is 1. The Kier molecular flexibility index (Phi) is 7.30. The Balaban J connectivity index is 1.94. The van der Waals surface area contributed by atoms with Gasteiger partial charge >= 0.3 is 0 Å². The van der Waals surface area contributed by atoms with Gasteiger partial charge < -0.3 is 14.4 Å². The summed E-state index contributed by atoms with van der Waals surface area (Å²) in [4.78, 5) is 12.9. The molecule has 0 saturated heterocycles. The molecule has 0 aliphatic heterocycles. The zero-order valence-electron chi connectivity index (χ0n) is 14.1. The fraction of sp³-hybridized carbons (Fsp3) is 0.350. The van der Waals surface area contributed by atoms with Gasteiger partial charge in [-0.05, 0) is 62.1 Å². The van der Waals surface area contributed by atoms with Gasteiger partial charge in [-0.2, -0.15) is 0 Å². The molecule has 24 heavy (non-hydrogen) atoms. The van der Waals surface area contributed by atoms with Crippen LogP contribution in [-0.4, -0.2) is 31.1 Å². The molecule has 0 radical (unpaired) electrons. The molecule has 2 aromatic rings. The fourth-order valence-corrected chi connectivity index (χ4v) is 2.56. The molecule has 2 rings (SSSR count). The molecule has 4 nitrogen and oxygen atoms in total. The molecule has 128 valence electrons. The summed E-state index contributed by atoms with van der Waals surface area (Å²) in [6.07, 6.45) is 7.54. The van der Waals surface area contributed by atoms with Crippen LogP contribution in [0.25, 0.3) is 12.2 Å². The lowest BCUT2D eigenvalue weighted by atomic mass is 10.1. The summed E-state index contributed by atoms with van der Waals surface area (Å²) in [5, 5.41) is 8.84. The van der Waals surface area contributed by atoms with Crippen molar-refractivity contribution in [2.45, 2.75) is 26.2 Å². The highest BCUT2D eigenvalue weighted by Crippen LogP contribution is 2.18. The average Bonchev–Trinajstić information content (AvgIpc) is 3.09. The van der Waals surface area contributed by atoms with E-state index < -0.39 is 0 Å². The van der Waals surface area contributed by atoms with Crippen LogP contribution in [0.1, 0.15) is 48.1 Å². The first-order chi connectivity index (χ1) is 11.8. The second-order valence-electron chi connectivity index (χ2n) is 5.65. The van der Waals surface area contributed by atoms with Gasteiger partial charge in [-0.25, -0.2) is 0 Å². The average molecular weight is 327 g/mol. The normalized spacial score (nSPS) is 11.1. The number of furan rings is 1. The van der Waals surface area contributed by atoms with Crippen molar-refractivity contribution in [2.24, 2.45) is 0 Å². The number of hydrogen-bond donors (Lipinski definition) is 1. The van der Waals surface area contributed by atoms with Crippen LogP contribution in [0.5, 0.6) is 0 Å². The van der Waals surface area contributed by atoms with E-state index in [-0.39, 0.29) is 6.61 Å². The number of aliphatic hydroxyl groups excluding tert-OH is 1. The van der Waals surface area contributed by atoms with Crippen molar-refractivity contribution >= 4 is 24.1 Å². The molecule has 1 heterocycles. The van der Waals surface area contributed by atoms with Gasteiger partial charge in [0.25, 0.3) is 0 Å². The van der Waals surface area contributed by atoms with Gasteiger partial charge in [-0.3, -0.25) is 4.79 Å². The number of hydrogen-bond acceptors (Lipinski definition) is 4. The maximum absolute atomic E-state index is 10.6. The summed E-state index contributed by atoms with van der Waals surface area (Å²) in [5.74, 6) is 1.00. The van der Waals surface area contributed by atoms with Crippen LogP contribution in [0.2, 0.25) is 0 Å². The van der Waals surface area contributed by atoms with Gasteiger partial charge in [0.2, 0.25) is 0 Å². The molecule has 1 aromatic carbocycles. The zero-order valence-corrected chi connectivity index (χ0v) is 14.1. The lowest BCUT2D eigenvalue weighted by Crippen LogP contribution is -2.23. The number of nitrogens with zero attached hydrogens (tertiary/aromatic N) is 1. The van der Waals surface area contributed by atoms with Crippen LogP contribution < -0.4 is 4.90 Å². The van der Waals surface area contributed by atoms with Gasteiger partial charge in [-0.1, -0.05) is 18.2 Å². The van der Waals surface area contributed by atoms with Gasteiger partial charge in [0.1, 0.15) is 5.76 Å². The van der Waals surface area contributed by atoms with Crippen molar-refractivity contribution in [1.29, 1.82) is 0 Å². The monoisotopic (exact) mass is 327 g/mol. The maximum atomic E-state index is 10.6. The second-order valence-corrected chi connectivity index (χ2v) is 5.65. The molecule has 1 aromatic heterocycles. The van der Waals surface area contributed by atoms with E-state index in [1.54, 1.807) is 12.1 Å². The third-order valence-electron chi connectivity index (χ3n) is 3.93. The van der Waals surface area contributed by atoms with E-state index in [4.69, 9.17) is 9.52 Å². The Morgan fingerprint density at radius 2 is 1.75 bits per heavy atom. The molecule has 4 heteroatoms. The van der Waals surface area contributed by atoms with Gasteiger partial charge in [-0.15, -0.1) is 0 Å².